The van der Waals surface area contributed by atoms with Crippen molar-refractivity contribution in [3.8, 4) is 44.5 Å². The summed E-state index contributed by atoms with van der Waals surface area (Å²) in [5, 5.41) is 43.7. The Morgan fingerprint density at radius 2 is 0.743 bits per heavy atom. The number of hydroxylamine groups is 2. The molecule has 0 radical (unpaired) electrons. The van der Waals surface area contributed by atoms with Crippen LogP contribution in [0.2, 0.25) is 0 Å². The molecule has 1 aliphatic heterocycles. The van der Waals surface area contributed by atoms with Gasteiger partial charge in [0.05, 0.1) is 6.61 Å². The lowest BCUT2D eigenvalue weighted by atomic mass is 9.98. The maximum Gasteiger partial charge on any atom is 0.407 e. The largest absolute Gasteiger partial charge is 0.480 e. The highest BCUT2D eigenvalue weighted by molar-refractivity contribution is 5.98. The van der Waals surface area contributed by atoms with E-state index in [-0.39, 0.29) is 88.1 Å². The number of rotatable bonds is 26. The molecule has 8 aromatic rings. The molecule has 113 heavy (non-hydrogen) atoms. The molecule has 1 heterocycles. The minimum absolute atomic E-state index is 0.0655. The van der Waals surface area contributed by atoms with Crippen LogP contribution in [0.1, 0.15) is 115 Å². The third kappa shape index (κ3) is 24.8. The van der Waals surface area contributed by atoms with Crippen molar-refractivity contribution < 1.29 is 91.9 Å². The molecule has 9 amide bonds. The molecule has 29 heteroatoms. The molecular formula is C84H94N10O19. The first-order chi connectivity index (χ1) is 54.5. The van der Waals surface area contributed by atoms with Crippen molar-refractivity contribution in [3.05, 3.63) is 239 Å². The van der Waals surface area contributed by atoms with Gasteiger partial charge in [-0.05, 0) is 122 Å². The Labute approximate surface area is 653 Å². The zero-order valence-corrected chi connectivity index (χ0v) is 63.2. The molecule has 0 spiro atoms. The van der Waals surface area contributed by atoms with Gasteiger partial charge in [-0.15, -0.1) is 0 Å². The van der Waals surface area contributed by atoms with Crippen LogP contribution >= 0.6 is 0 Å². The fourth-order valence-corrected chi connectivity index (χ4v) is 12.7. The van der Waals surface area contributed by atoms with E-state index in [1.807, 2.05) is 158 Å². The van der Waals surface area contributed by atoms with Gasteiger partial charge in [0, 0.05) is 83.5 Å². The van der Waals surface area contributed by atoms with Gasteiger partial charge >= 0.3 is 30.2 Å². The number of carbonyl (C=O) groups excluding carboxylic acids is 9. The Morgan fingerprint density at radius 1 is 0.425 bits per heavy atom. The lowest BCUT2D eigenvalue weighted by Crippen LogP contribution is -2.52. The molecule has 12 rings (SSSR count). The van der Waals surface area contributed by atoms with Crippen LogP contribution in [0.25, 0.3) is 44.5 Å². The average molecular weight is 1550 g/mol. The van der Waals surface area contributed by atoms with E-state index < -0.39 is 72.1 Å². The van der Waals surface area contributed by atoms with Gasteiger partial charge < -0.3 is 72.1 Å². The zero-order valence-electron chi connectivity index (χ0n) is 63.2. The summed E-state index contributed by atoms with van der Waals surface area (Å²) in [7, 11) is 0. The number of benzene rings is 8. The van der Waals surface area contributed by atoms with E-state index in [1.54, 1.807) is 19.1 Å². The quantitative estimate of drug-likeness (QED) is 0.0137. The van der Waals surface area contributed by atoms with Crippen LogP contribution in [-0.2, 0) is 63.8 Å². The van der Waals surface area contributed by atoms with Crippen molar-refractivity contribution in [1.29, 1.82) is 0 Å². The number of amides is 9. The van der Waals surface area contributed by atoms with Gasteiger partial charge in [0.1, 0.15) is 44.0 Å². The molecule has 4 unspecified atom stereocenters. The summed E-state index contributed by atoms with van der Waals surface area (Å²) in [5.41, 5.74) is 25.9. The van der Waals surface area contributed by atoms with Gasteiger partial charge in [0.2, 0.25) is 17.7 Å². The van der Waals surface area contributed by atoms with Gasteiger partial charge in [-0.3, -0.25) is 38.8 Å². The predicted molar refractivity (Wildman–Crippen MR) is 419 cm³/mol. The molecule has 0 saturated carbocycles. The van der Waals surface area contributed by atoms with Gasteiger partial charge in [-0.2, -0.15) is 0 Å². The summed E-state index contributed by atoms with van der Waals surface area (Å²) in [6.45, 7) is 9.69. The van der Waals surface area contributed by atoms with Gasteiger partial charge in [0.25, 0.3) is 17.7 Å². The maximum absolute atomic E-state index is 12.4. The molecule has 29 nitrogen and oxygen atoms in total. The second-order valence-electron chi connectivity index (χ2n) is 26.1. The molecule has 1 saturated heterocycles. The van der Waals surface area contributed by atoms with Crippen LogP contribution in [0.5, 0.6) is 0 Å². The highest BCUT2D eigenvalue weighted by Gasteiger charge is 2.34. The molecule has 1 fully saturated rings. The number of fused-ring (bicyclic) bond motifs is 9. The highest BCUT2D eigenvalue weighted by Crippen LogP contribution is 2.47. The summed E-state index contributed by atoms with van der Waals surface area (Å²) in [6, 6.07) is 58.5. The minimum atomic E-state index is -1.26. The van der Waals surface area contributed by atoms with E-state index in [0.29, 0.717) is 5.56 Å². The van der Waals surface area contributed by atoms with Crippen LogP contribution in [0.3, 0.4) is 0 Å². The van der Waals surface area contributed by atoms with E-state index in [1.165, 1.54) is 44.7 Å². The van der Waals surface area contributed by atoms with Crippen LogP contribution in [0.15, 0.2) is 194 Å². The molecule has 4 atom stereocenters. The molecule has 14 N–H and O–H groups in total. The van der Waals surface area contributed by atoms with E-state index >= 15 is 0 Å². The summed E-state index contributed by atoms with van der Waals surface area (Å²) in [5.74, 6) is -5.64. The van der Waals surface area contributed by atoms with Crippen molar-refractivity contribution >= 4 is 65.7 Å². The van der Waals surface area contributed by atoms with Crippen molar-refractivity contribution in [2.45, 2.75) is 95.8 Å². The van der Waals surface area contributed by atoms with Crippen LogP contribution in [0.4, 0.5) is 14.4 Å². The molecular weight excluding hydrogens is 1450 g/mol. The van der Waals surface area contributed by atoms with Crippen molar-refractivity contribution in [1.82, 2.24) is 48.2 Å². The number of nitrogens with one attached hydrogen (secondary N) is 9. The molecule has 3 aliphatic carbocycles. The molecule has 0 aromatic heterocycles. The predicted octanol–water partition coefficient (Wildman–Crippen LogP) is 8.60. The van der Waals surface area contributed by atoms with E-state index in [4.69, 9.17) is 44.9 Å². The third-order valence-corrected chi connectivity index (χ3v) is 18.4. The summed E-state index contributed by atoms with van der Waals surface area (Å²) in [6.07, 6.45) is 1.16. The number of carbonyl (C=O) groups is 11. The standard InChI is InChI=1S/C22H25N3O5.C20H23N3O4.C20H20N2O5.C18H18N2O4.C4H8O/c1-3-30-25-21(27)20(12-23-14(2)26)24-22(28)29-13-19-17-10-6-4-8-15(17)16-9-5-7-11-18(16)19;1-3-14-4-6-15(7-5-14)16-8-10-17(11-9-16)19(25)22-18(20(26)23-27)12-21-13(2)24;1-12(23)21-10-18(19(24)25)22-20(26)27-11-17-15-8-4-2-6-13(15)14-7-3-5-9-16(14)17;19-9-16(17(21)22)20-18(23)24-10-15-13-7-3-1-5-11(13)12-6-2-4-8-14(12)15;1-2-4-5-3-1/h4-11,19-20H,3,12-13H2,1-2H3,(H,23,26)(H,24,28)(H,25,27);4-11,18,27H,3,12H2,1-2H3,(H,21,24)(H,22,25)(H,23,26);2-9,17-18H,10-11H2,1H3,(H,21,23)(H,22,26)(H,24,25);1-8,15-16H,9-10,19H2,(H,20,23)(H,21,22);1-4H2. The normalized spacial score (nSPS) is 13.3. The second kappa shape index (κ2) is 43.5. The van der Waals surface area contributed by atoms with Crippen LogP contribution in [0, 0.1) is 0 Å². The number of alkyl carbamates (subject to hydrolysis) is 3. The van der Waals surface area contributed by atoms with E-state index in [0.717, 1.165) is 97.5 Å². The fraction of sp³-hybridized carbons (Fsp3) is 0.298. The number of ether oxygens (including phenoxy) is 4. The summed E-state index contributed by atoms with van der Waals surface area (Å²) >= 11 is 0. The number of hydrogen-bond donors (Lipinski definition) is 13. The van der Waals surface area contributed by atoms with Crippen LogP contribution < -0.4 is 53.9 Å². The number of carboxylic acid groups (broad SMARTS) is 2. The first kappa shape index (κ1) is 85.8. The number of aliphatic carboxylic acids is 2. The fourth-order valence-electron chi connectivity index (χ4n) is 12.7. The molecule has 8 aromatic carbocycles. The highest BCUT2D eigenvalue weighted by atomic mass is 16.7. The Bertz CT molecular complexity index is 4470. The van der Waals surface area contributed by atoms with Crippen molar-refractivity contribution in [2.75, 3.05) is 65.8 Å². The van der Waals surface area contributed by atoms with E-state index in [2.05, 4.69) is 73.9 Å². The lowest BCUT2D eigenvalue weighted by molar-refractivity contribution is -0.140. The SMILES string of the molecule is C1CCOC1.CC(=O)NCC(NC(=O)OCC1c2ccccc2-c2ccccc21)C(=O)O.CCONC(=O)C(CNC(C)=O)NC(=O)OCC1c2ccccc2-c2ccccc21.CCc1ccc(-c2ccc(C(=O)NC(CNC(C)=O)C(=O)NO)cc2)cc1.NCC(NC(=O)OCC1c2ccccc2-c2ccccc21)C(=O)O. The third-order valence-electron chi connectivity index (χ3n) is 18.4. The Hall–Kier alpha value is -12.8. The minimum Gasteiger partial charge on any atom is -0.480 e. The zero-order chi connectivity index (χ0) is 81.3. The molecule has 594 valence electrons. The number of hydrogen-bond acceptors (Lipinski definition) is 18. The van der Waals surface area contributed by atoms with Crippen molar-refractivity contribution in [3.63, 3.8) is 0 Å². The van der Waals surface area contributed by atoms with Crippen molar-refractivity contribution in [2.24, 2.45) is 5.73 Å². The summed E-state index contributed by atoms with van der Waals surface area (Å²) < 4.78 is 20.9. The molecule has 0 bridgehead atoms. The Kier molecular flexibility index (Phi) is 33.0. The topological polar surface area (TPSA) is 429 Å². The Balaban J connectivity index is 0.000000185. The second-order valence-corrected chi connectivity index (χ2v) is 26.1. The number of carboxylic acids is 2. The Morgan fingerprint density at radius 3 is 1.04 bits per heavy atom. The monoisotopic (exact) mass is 1550 g/mol. The molecule has 4 aliphatic rings. The first-order valence-electron chi connectivity index (χ1n) is 36.7. The number of nitrogens with two attached hydrogens (primary N) is 1. The van der Waals surface area contributed by atoms with E-state index in [9.17, 15) is 52.7 Å². The maximum atomic E-state index is 12.4. The summed E-state index contributed by atoms with van der Waals surface area (Å²) in [4.78, 5) is 133. The average Bonchev–Trinajstić information content (AvgIpc) is 1.62. The lowest BCUT2D eigenvalue weighted by Gasteiger charge is -2.19. The number of aryl methyl sites for hydroxylation is 1. The first-order valence-corrected chi connectivity index (χ1v) is 36.7. The smallest absolute Gasteiger partial charge is 0.407 e. The van der Waals surface area contributed by atoms with Gasteiger partial charge in [-0.25, -0.2) is 34.9 Å². The van der Waals surface area contributed by atoms with Crippen LogP contribution in [-0.4, -0.2) is 171 Å². The van der Waals surface area contributed by atoms with Gasteiger partial charge in [-0.1, -0.05) is 189 Å². The van der Waals surface area contributed by atoms with Gasteiger partial charge in [0.15, 0.2) is 0 Å².